The van der Waals surface area contributed by atoms with Gasteiger partial charge in [0.2, 0.25) is 0 Å². The summed E-state index contributed by atoms with van der Waals surface area (Å²) in [4.78, 5) is 16.6. The molecule has 0 saturated heterocycles. The van der Waals surface area contributed by atoms with Crippen LogP contribution < -0.4 is 0 Å². The molecule has 3 aromatic rings. The van der Waals surface area contributed by atoms with Gasteiger partial charge in [-0.3, -0.25) is 9.78 Å². The molecular formula is C18H15NO. The number of benzene rings is 2. The van der Waals surface area contributed by atoms with Gasteiger partial charge in [-0.1, -0.05) is 54.6 Å². The van der Waals surface area contributed by atoms with Gasteiger partial charge in [0.25, 0.3) is 0 Å². The van der Waals surface area contributed by atoms with E-state index >= 15 is 0 Å². The Morgan fingerprint density at radius 3 is 2.50 bits per heavy atom. The second kappa shape index (κ2) is 5.66. The van der Waals surface area contributed by atoms with Crippen LogP contribution in [0.5, 0.6) is 0 Å². The summed E-state index contributed by atoms with van der Waals surface area (Å²) in [5, 5.41) is 2.00. The van der Waals surface area contributed by atoms with Gasteiger partial charge < -0.3 is 0 Å². The van der Waals surface area contributed by atoms with Crippen LogP contribution in [0, 0.1) is 0 Å². The number of pyridine rings is 1. The maximum atomic E-state index is 12.4. The summed E-state index contributed by atoms with van der Waals surface area (Å²) in [6, 6.07) is 19.9. The van der Waals surface area contributed by atoms with E-state index in [1.54, 1.807) is 6.20 Å². The van der Waals surface area contributed by atoms with Crippen LogP contribution in [-0.4, -0.2) is 10.8 Å². The Morgan fingerprint density at radius 1 is 0.900 bits per heavy atom. The molecule has 98 valence electrons. The molecule has 20 heavy (non-hydrogen) atoms. The van der Waals surface area contributed by atoms with Gasteiger partial charge in [0.05, 0.1) is 0 Å². The minimum Gasteiger partial charge on any atom is -0.292 e. The fourth-order valence-electron chi connectivity index (χ4n) is 2.36. The maximum Gasteiger partial charge on any atom is 0.182 e. The second-order valence-electron chi connectivity index (χ2n) is 4.79. The van der Waals surface area contributed by atoms with Crippen molar-refractivity contribution in [3.05, 3.63) is 78.1 Å². The van der Waals surface area contributed by atoms with Crippen molar-refractivity contribution in [3.8, 4) is 0 Å². The van der Waals surface area contributed by atoms with E-state index in [4.69, 9.17) is 0 Å². The quantitative estimate of drug-likeness (QED) is 0.663. The van der Waals surface area contributed by atoms with Crippen molar-refractivity contribution in [1.82, 2.24) is 4.98 Å². The summed E-state index contributed by atoms with van der Waals surface area (Å²) < 4.78 is 0. The molecule has 2 nitrogen and oxygen atoms in total. The number of carbonyl (C=O) groups excluding carboxylic acids is 1. The van der Waals surface area contributed by atoms with Crippen molar-refractivity contribution in [2.45, 2.75) is 12.8 Å². The molecule has 0 saturated carbocycles. The number of aryl methyl sites for hydroxylation is 1. The first kappa shape index (κ1) is 12.5. The van der Waals surface area contributed by atoms with Gasteiger partial charge in [-0.05, 0) is 23.4 Å². The van der Waals surface area contributed by atoms with Crippen molar-refractivity contribution in [2.24, 2.45) is 0 Å². The van der Waals surface area contributed by atoms with Gasteiger partial charge in [0, 0.05) is 18.0 Å². The minimum atomic E-state index is 0.102. The summed E-state index contributed by atoms with van der Waals surface area (Å²) in [5.41, 5.74) is 1.76. The van der Waals surface area contributed by atoms with E-state index in [9.17, 15) is 4.79 Å². The number of carbonyl (C=O) groups is 1. The fraction of sp³-hybridized carbons (Fsp3) is 0.111. The van der Waals surface area contributed by atoms with Crippen molar-refractivity contribution in [3.63, 3.8) is 0 Å². The average molecular weight is 261 g/mol. The Balaban J connectivity index is 1.82. The van der Waals surface area contributed by atoms with Gasteiger partial charge >= 0.3 is 0 Å². The third-order valence-corrected chi connectivity index (χ3v) is 3.42. The van der Waals surface area contributed by atoms with Gasteiger partial charge in [-0.15, -0.1) is 0 Å². The first-order valence-electron chi connectivity index (χ1n) is 6.75. The van der Waals surface area contributed by atoms with E-state index < -0.39 is 0 Å². The van der Waals surface area contributed by atoms with E-state index in [1.807, 2.05) is 60.7 Å². The molecule has 0 aliphatic heterocycles. The Hall–Kier alpha value is -2.48. The highest BCUT2D eigenvalue weighted by atomic mass is 16.1. The lowest BCUT2D eigenvalue weighted by Gasteiger charge is -2.05. The van der Waals surface area contributed by atoms with Crippen LogP contribution in [0.4, 0.5) is 0 Å². The van der Waals surface area contributed by atoms with Gasteiger partial charge in [0.15, 0.2) is 5.78 Å². The summed E-state index contributed by atoms with van der Waals surface area (Å²) in [6.07, 6.45) is 2.95. The SMILES string of the molecule is O=C(CCc1ccccc1)c1nccc2ccccc12. The number of fused-ring (bicyclic) bond motifs is 1. The fourth-order valence-corrected chi connectivity index (χ4v) is 2.36. The Morgan fingerprint density at radius 2 is 1.65 bits per heavy atom. The van der Waals surface area contributed by atoms with Gasteiger partial charge in [-0.2, -0.15) is 0 Å². The summed E-state index contributed by atoms with van der Waals surface area (Å²) in [6.45, 7) is 0. The highest BCUT2D eigenvalue weighted by molar-refractivity contribution is 6.06. The van der Waals surface area contributed by atoms with Crippen LogP contribution in [0.2, 0.25) is 0 Å². The molecule has 0 amide bonds. The van der Waals surface area contributed by atoms with Crippen molar-refractivity contribution >= 4 is 16.6 Å². The molecule has 0 atom stereocenters. The number of Topliss-reactive ketones (excluding diaryl/α,β-unsaturated/α-hetero) is 1. The predicted octanol–water partition coefficient (Wildman–Crippen LogP) is 4.05. The Bertz CT molecular complexity index is 729. The molecular weight excluding hydrogens is 246 g/mol. The number of ketones is 1. The zero-order valence-electron chi connectivity index (χ0n) is 11.1. The monoisotopic (exact) mass is 261 g/mol. The first-order chi connectivity index (χ1) is 9.84. The topological polar surface area (TPSA) is 30.0 Å². The molecule has 2 aromatic carbocycles. The van der Waals surface area contributed by atoms with Crippen molar-refractivity contribution < 1.29 is 4.79 Å². The molecule has 0 fully saturated rings. The van der Waals surface area contributed by atoms with Crippen LogP contribution in [0.1, 0.15) is 22.5 Å². The van der Waals surface area contributed by atoms with Gasteiger partial charge in [0.1, 0.15) is 5.69 Å². The zero-order valence-corrected chi connectivity index (χ0v) is 11.1. The first-order valence-corrected chi connectivity index (χ1v) is 6.75. The van der Waals surface area contributed by atoms with Gasteiger partial charge in [-0.25, -0.2) is 0 Å². The predicted molar refractivity (Wildman–Crippen MR) is 80.8 cm³/mol. The average Bonchev–Trinajstić information content (AvgIpc) is 2.53. The van der Waals surface area contributed by atoms with E-state index in [-0.39, 0.29) is 5.78 Å². The third kappa shape index (κ3) is 2.59. The van der Waals surface area contributed by atoms with E-state index in [0.717, 1.165) is 17.2 Å². The van der Waals surface area contributed by atoms with Crippen LogP contribution in [-0.2, 0) is 6.42 Å². The molecule has 0 aliphatic carbocycles. The zero-order chi connectivity index (χ0) is 13.8. The molecule has 0 unspecified atom stereocenters. The van der Waals surface area contributed by atoms with Crippen LogP contribution in [0.3, 0.4) is 0 Å². The lowest BCUT2D eigenvalue weighted by atomic mass is 10.0. The summed E-state index contributed by atoms with van der Waals surface area (Å²) in [5.74, 6) is 0.102. The lowest BCUT2D eigenvalue weighted by Crippen LogP contribution is -2.04. The second-order valence-corrected chi connectivity index (χ2v) is 4.79. The van der Waals surface area contributed by atoms with Crippen LogP contribution in [0.15, 0.2) is 66.9 Å². The third-order valence-electron chi connectivity index (χ3n) is 3.42. The Labute approximate surface area is 118 Å². The van der Waals surface area contributed by atoms with E-state index in [0.29, 0.717) is 12.1 Å². The molecule has 0 bridgehead atoms. The molecule has 0 N–H and O–H groups in total. The number of hydrogen-bond acceptors (Lipinski definition) is 2. The molecule has 0 aliphatic rings. The summed E-state index contributed by atoms with van der Waals surface area (Å²) >= 11 is 0. The highest BCUT2D eigenvalue weighted by Crippen LogP contribution is 2.18. The van der Waals surface area contributed by atoms with Crippen LogP contribution >= 0.6 is 0 Å². The molecule has 2 heteroatoms. The number of rotatable bonds is 4. The standard InChI is InChI=1S/C18H15NO/c20-17(11-10-14-6-2-1-3-7-14)18-16-9-5-4-8-15(16)12-13-19-18/h1-9,12-13H,10-11H2. The maximum absolute atomic E-state index is 12.4. The molecule has 3 rings (SSSR count). The van der Waals surface area contributed by atoms with E-state index in [1.165, 1.54) is 5.56 Å². The number of hydrogen-bond donors (Lipinski definition) is 0. The number of nitrogens with zero attached hydrogens (tertiary/aromatic N) is 1. The normalized spacial score (nSPS) is 10.6. The lowest BCUT2D eigenvalue weighted by molar-refractivity contribution is 0.0980. The van der Waals surface area contributed by atoms with E-state index in [2.05, 4.69) is 4.98 Å². The number of aromatic nitrogens is 1. The molecule has 0 spiro atoms. The largest absolute Gasteiger partial charge is 0.292 e. The van der Waals surface area contributed by atoms with Crippen molar-refractivity contribution in [2.75, 3.05) is 0 Å². The molecule has 1 aromatic heterocycles. The minimum absolute atomic E-state index is 0.102. The van der Waals surface area contributed by atoms with Crippen LogP contribution in [0.25, 0.3) is 10.8 Å². The summed E-state index contributed by atoms with van der Waals surface area (Å²) in [7, 11) is 0. The molecule has 1 heterocycles. The molecule has 0 radical (unpaired) electrons. The van der Waals surface area contributed by atoms with Crippen molar-refractivity contribution in [1.29, 1.82) is 0 Å². The highest BCUT2D eigenvalue weighted by Gasteiger charge is 2.11. The smallest absolute Gasteiger partial charge is 0.182 e. The Kier molecular flexibility index (Phi) is 3.55.